The highest BCUT2D eigenvalue weighted by Crippen LogP contribution is 2.26. The van der Waals surface area contributed by atoms with Gasteiger partial charge in [-0.25, -0.2) is 4.39 Å². The molecule has 5 nitrogen and oxygen atoms in total. The minimum Gasteiger partial charge on any atom is -0.494 e. The molecule has 19 heavy (non-hydrogen) atoms. The van der Waals surface area contributed by atoms with E-state index in [1.807, 2.05) is 13.2 Å². The molecule has 1 heterocycles. The van der Waals surface area contributed by atoms with E-state index in [1.54, 1.807) is 6.07 Å². The van der Waals surface area contributed by atoms with Crippen LogP contribution in [0.15, 0.2) is 27.6 Å². The number of hydrogen-bond donors (Lipinski definition) is 0. The summed E-state index contributed by atoms with van der Waals surface area (Å²) < 4.78 is 23.7. The maximum absolute atomic E-state index is 13.6. The van der Waals surface area contributed by atoms with Gasteiger partial charge in [-0.2, -0.15) is 4.99 Å². The number of aromatic nitrogens is 2. The molecule has 0 spiro atoms. The summed E-state index contributed by atoms with van der Waals surface area (Å²) in [5, 5.41) is 8.41. The summed E-state index contributed by atoms with van der Waals surface area (Å²) in [4.78, 5) is 4.10. The van der Waals surface area contributed by atoms with Gasteiger partial charge in [0.25, 0.3) is 0 Å². The van der Waals surface area contributed by atoms with Gasteiger partial charge in [0.05, 0.1) is 12.2 Å². The average molecular weight is 281 g/mol. The topological polar surface area (TPSA) is 60.5 Å². The van der Waals surface area contributed by atoms with E-state index in [0.29, 0.717) is 5.56 Å². The van der Waals surface area contributed by atoms with Crippen molar-refractivity contribution in [3.05, 3.63) is 24.0 Å². The Balaban J connectivity index is 2.30. The van der Waals surface area contributed by atoms with Crippen molar-refractivity contribution in [1.82, 2.24) is 10.2 Å². The third-order valence-corrected chi connectivity index (χ3v) is 3.04. The highest BCUT2D eigenvalue weighted by molar-refractivity contribution is 8.13. The van der Waals surface area contributed by atoms with Gasteiger partial charge in [0.15, 0.2) is 11.6 Å². The van der Waals surface area contributed by atoms with Crippen LogP contribution in [0.3, 0.4) is 0 Å². The van der Waals surface area contributed by atoms with Crippen LogP contribution in [-0.4, -0.2) is 28.6 Å². The summed E-state index contributed by atoms with van der Waals surface area (Å²) in [6.45, 7) is 1.83. The molecule has 0 amide bonds. The lowest BCUT2D eigenvalue weighted by molar-refractivity contribution is 0.386. The average Bonchev–Trinajstić information content (AvgIpc) is 2.87. The van der Waals surface area contributed by atoms with Gasteiger partial charge in [0, 0.05) is 5.56 Å². The highest BCUT2D eigenvalue weighted by atomic mass is 32.2. The number of rotatable bonds is 3. The standard InChI is InChI=1S/C12H12FN3O2S/c1-7(19-3)14-12-16-15-11(18-12)8-4-5-10(17-2)9(13)6-8/h4-6H,1-3H3. The monoisotopic (exact) mass is 281 g/mol. The summed E-state index contributed by atoms with van der Waals surface area (Å²) >= 11 is 1.48. The molecule has 0 fully saturated rings. The van der Waals surface area contributed by atoms with Gasteiger partial charge in [0.1, 0.15) is 0 Å². The smallest absolute Gasteiger partial charge is 0.343 e. The van der Waals surface area contributed by atoms with E-state index in [4.69, 9.17) is 9.15 Å². The Morgan fingerprint density at radius 2 is 2.21 bits per heavy atom. The molecule has 1 aromatic carbocycles. The summed E-state index contributed by atoms with van der Waals surface area (Å²) in [6.07, 6.45) is 1.90. The molecule has 0 aliphatic rings. The molecule has 7 heteroatoms. The van der Waals surface area contributed by atoms with E-state index in [2.05, 4.69) is 15.2 Å². The zero-order valence-electron chi connectivity index (χ0n) is 10.7. The first-order chi connectivity index (χ1) is 9.13. The van der Waals surface area contributed by atoms with Gasteiger partial charge in [-0.15, -0.1) is 16.9 Å². The van der Waals surface area contributed by atoms with E-state index in [0.717, 1.165) is 5.04 Å². The van der Waals surface area contributed by atoms with Crippen molar-refractivity contribution in [2.24, 2.45) is 4.99 Å². The van der Waals surface area contributed by atoms with Gasteiger partial charge < -0.3 is 9.15 Å². The second kappa shape index (κ2) is 5.83. The van der Waals surface area contributed by atoms with Crippen LogP contribution >= 0.6 is 11.8 Å². The predicted molar refractivity (Wildman–Crippen MR) is 72.5 cm³/mol. The molecule has 0 N–H and O–H groups in total. The molecule has 2 aromatic rings. The number of methoxy groups -OCH3 is 1. The van der Waals surface area contributed by atoms with Crippen LogP contribution in [0, 0.1) is 5.82 Å². The molecule has 0 aliphatic carbocycles. The first-order valence-corrected chi connectivity index (χ1v) is 6.63. The molecule has 0 saturated carbocycles. The van der Waals surface area contributed by atoms with Crippen molar-refractivity contribution in [2.75, 3.05) is 13.4 Å². The fourth-order valence-electron chi connectivity index (χ4n) is 1.36. The summed E-state index contributed by atoms with van der Waals surface area (Å²) in [7, 11) is 1.41. The quantitative estimate of drug-likeness (QED) is 0.638. The second-order valence-electron chi connectivity index (χ2n) is 3.57. The van der Waals surface area contributed by atoms with Gasteiger partial charge in [0.2, 0.25) is 5.89 Å². The van der Waals surface area contributed by atoms with E-state index >= 15 is 0 Å². The zero-order chi connectivity index (χ0) is 13.8. The van der Waals surface area contributed by atoms with E-state index in [1.165, 1.54) is 31.0 Å². The van der Waals surface area contributed by atoms with Crippen molar-refractivity contribution in [3.63, 3.8) is 0 Å². The number of hydrogen-bond acceptors (Lipinski definition) is 6. The summed E-state index contributed by atoms with van der Waals surface area (Å²) in [5.74, 6) is -0.0995. The maximum atomic E-state index is 13.6. The van der Waals surface area contributed by atoms with Crippen LogP contribution in [0.25, 0.3) is 11.5 Å². The Kier molecular flexibility index (Phi) is 4.16. The molecule has 0 aliphatic heterocycles. The van der Waals surface area contributed by atoms with Crippen LogP contribution in [-0.2, 0) is 0 Å². The van der Waals surface area contributed by atoms with E-state index < -0.39 is 5.82 Å². The Hall–Kier alpha value is -1.89. The lowest BCUT2D eigenvalue weighted by Crippen LogP contribution is -1.88. The van der Waals surface area contributed by atoms with Crippen molar-refractivity contribution < 1.29 is 13.5 Å². The van der Waals surface area contributed by atoms with Gasteiger partial charge in [-0.1, -0.05) is 5.10 Å². The third kappa shape index (κ3) is 3.11. The van der Waals surface area contributed by atoms with E-state index in [9.17, 15) is 4.39 Å². The van der Waals surface area contributed by atoms with Crippen LogP contribution in [0.5, 0.6) is 5.75 Å². The Bertz CT molecular complexity index is 613. The predicted octanol–water partition coefficient (Wildman–Crippen LogP) is 3.30. The molecule has 0 atom stereocenters. The Morgan fingerprint density at radius 1 is 1.42 bits per heavy atom. The molecule has 0 unspecified atom stereocenters. The summed E-state index contributed by atoms with van der Waals surface area (Å²) in [6, 6.07) is 4.58. The largest absolute Gasteiger partial charge is 0.494 e. The number of halogens is 1. The Labute approximate surface area is 113 Å². The number of nitrogens with zero attached hydrogens (tertiary/aromatic N) is 3. The van der Waals surface area contributed by atoms with Gasteiger partial charge >= 0.3 is 6.01 Å². The van der Waals surface area contributed by atoms with E-state index in [-0.39, 0.29) is 17.7 Å². The van der Waals surface area contributed by atoms with Crippen LogP contribution in [0.2, 0.25) is 0 Å². The zero-order valence-corrected chi connectivity index (χ0v) is 11.5. The number of ether oxygens (including phenoxy) is 1. The molecule has 1 aromatic heterocycles. The number of benzene rings is 1. The lowest BCUT2D eigenvalue weighted by atomic mass is 10.2. The Morgan fingerprint density at radius 3 is 2.84 bits per heavy atom. The highest BCUT2D eigenvalue weighted by Gasteiger charge is 2.11. The minimum atomic E-state index is -0.483. The van der Waals surface area contributed by atoms with Gasteiger partial charge in [-0.3, -0.25) is 0 Å². The van der Waals surface area contributed by atoms with Crippen LogP contribution in [0.1, 0.15) is 6.92 Å². The van der Waals surface area contributed by atoms with Gasteiger partial charge in [-0.05, 0) is 31.4 Å². The van der Waals surface area contributed by atoms with Crippen molar-refractivity contribution >= 4 is 22.8 Å². The lowest BCUT2D eigenvalue weighted by Gasteiger charge is -2.01. The first kappa shape index (κ1) is 13.5. The molecular formula is C12H12FN3O2S. The van der Waals surface area contributed by atoms with Crippen LogP contribution < -0.4 is 4.74 Å². The summed E-state index contributed by atoms with van der Waals surface area (Å²) in [5.41, 5.74) is 0.481. The van der Waals surface area contributed by atoms with Crippen molar-refractivity contribution in [2.45, 2.75) is 6.92 Å². The molecule has 0 radical (unpaired) electrons. The minimum absolute atomic E-state index is 0.151. The fourth-order valence-corrected chi connectivity index (χ4v) is 1.53. The molecule has 0 bridgehead atoms. The number of aliphatic imine (C=N–C) groups is 1. The second-order valence-corrected chi connectivity index (χ2v) is 4.57. The molecule has 2 rings (SSSR count). The number of thioether (sulfide) groups is 1. The van der Waals surface area contributed by atoms with Crippen molar-refractivity contribution in [1.29, 1.82) is 0 Å². The van der Waals surface area contributed by atoms with Crippen molar-refractivity contribution in [3.8, 4) is 17.2 Å². The van der Waals surface area contributed by atoms with Crippen LogP contribution in [0.4, 0.5) is 10.4 Å². The first-order valence-electron chi connectivity index (χ1n) is 5.40. The SMILES string of the molecule is COc1ccc(-c2nnc(N=C(C)SC)o2)cc1F. The normalized spacial score (nSPS) is 11.7. The molecule has 100 valence electrons. The fraction of sp³-hybridized carbons (Fsp3) is 0.250. The molecular weight excluding hydrogens is 269 g/mol. The molecule has 0 saturated heterocycles. The maximum Gasteiger partial charge on any atom is 0.343 e. The third-order valence-electron chi connectivity index (χ3n) is 2.36.